The van der Waals surface area contributed by atoms with Gasteiger partial charge in [-0.3, -0.25) is 9.59 Å². The summed E-state index contributed by atoms with van der Waals surface area (Å²) in [5.74, 6) is -0.708. The highest BCUT2D eigenvalue weighted by atomic mass is 16.6. The zero-order valence-electron chi connectivity index (χ0n) is 24.0. The Labute approximate surface area is 236 Å². The average molecular weight is 546 g/mol. The van der Waals surface area contributed by atoms with Crippen molar-refractivity contribution in [3.63, 3.8) is 0 Å². The number of benzene rings is 3. The van der Waals surface area contributed by atoms with Gasteiger partial charge in [-0.1, -0.05) is 66.2 Å². The summed E-state index contributed by atoms with van der Waals surface area (Å²) in [4.78, 5) is 41.8. The zero-order valence-corrected chi connectivity index (χ0v) is 24.0. The fourth-order valence-corrected chi connectivity index (χ4v) is 4.43. The van der Waals surface area contributed by atoms with E-state index in [1.807, 2.05) is 62.4 Å². The topological polar surface area (TPSA) is 108 Å². The molecule has 0 aliphatic carbocycles. The highest BCUT2D eigenvalue weighted by Gasteiger charge is 2.35. The molecular weight excluding hydrogens is 506 g/mol. The summed E-state index contributed by atoms with van der Waals surface area (Å²) < 4.78 is 5.43. The molecule has 0 saturated carbocycles. The molecule has 0 bridgehead atoms. The molecule has 0 heterocycles. The summed E-state index contributed by atoms with van der Waals surface area (Å²) in [6.07, 6.45) is -0.608. The monoisotopic (exact) mass is 545 g/mol. The summed E-state index contributed by atoms with van der Waals surface area (Å²) in [5, 5.41) is 15.4. The number of aromatic hydroxyl groups is 1. The smallest absolute Gasteiger partial charge is 0.408 e. The summed E-state index contributed by atoms with van der Waals surface area (Å²) >= 11 is 0. The highest BCUT2D eigenvalue weighted by molar-refractivity contribution is 5.92. The van der Waals surface area contributed by atoms with E-state index in [1.165, 1.54) is 17.0 Å². The van der Waals surface area contributed by atoms with Gasteiger partial charge in [0.15, 0.2) is 0 Å². The number of phenolic OH excluding ortho intramolecular Hbond substituents is 1. The molecule has 2 atom stereocenters. The quantitative estimate of drug-likeness (QED) is 0.352. The van der Waals surface area contributed by atoms with Crippen LogP contribution in [0, 0.1) is 13.8 Å². The first kappa shape index (κ1) is 30.2. The number of amides is 3. The SMILES string of the molecule is Cc1ccc(C(C(=O)NCc2ccccc2)N(C)C(=O)C(Cc2ccc(O)cc2)NC(=O)OC(C)(C)C)c(C)c1. The van der Waals surface area contributed by atoms with Gasteiger partial charge in [-0.25, -0.2) is 4.79 Å². The van der Waals surface area contributed by atoms with Gasteiger partial charge in [0.25, 0.3) is 0 Å². The van der Waals surface area contributed by atoms with E-state index in [2.05, 4.69) is 10.6 Å². The number of phenols is 1. The maximum absolute atomic E-state index is 14.0. The number of hydrogen-bond donors (Lipinski definition) is 3. The van der Waals surface area contributed by atoms with Gasteiger partial charge in [0.05, 0.1) is 0 Å². The van der Waals surface area contributed by atoms with Crippen LogP contribution in [0.15, 0.2) is 72.8 Å². The minimum atomic E-state index is -1.03. The number of ether oxygens (including phenoxy) is 1. The van der Waals surface area contributed by atoms with Crippen LogP contribution in [-0.4, -0.2) is 46.6 Å². The Morgan fingerprint density at radius 3 is 2.17 bits per heavy atom. The Morgan fingerprint density at radius 1 is 0.925 bits per heavy atom. The third kappa shape index (κ3) is 8.59. The molecule has 0 fully saturated rings. The third-order valence-corrected chi connectivity index (χ3v) is 6.38. The molecule has 3 rings (SSSR count). The standard InChI is InChI=1S/C32H39N3O5/c1-21-12-17-26(22(2)18-21)28(29(37)33-20-24-10-8-7-9-11-24)35(6)30(38)27(34-31(39)40-32(3,4)5)19-23-13-15-25(36)16-14-23/h7-18,27-28,36H,19-20H2,1-6H3,(H,33,37)(H,34,39). The Balaban J connectivity index is 1.94. The van der Waals surface area contributed by atoms with Gasteiger partial charge in [0.1, 0.15) is 23.4 Å². The van der Waals surface area contributed by atoms with Gasteiger partial charge < -0.3 is 25.4 Å². The molecule has 8 heteroatoms. The molecule has 3 aromatic rings. The van der Waals surface area contributed by atoms with Crippen LogP contribution < -0.4 is 10.6 Å². The van der Waals surface area contributed by atoms with E-state index in [0.717, 1.165) is 22.3 Å². The van der Waals surface area contributed by atoms with Crippen molar-refractivity contribution in [3.8, 4) is 5.75 Å². The van der Waals surface area contributed by atoms with Crippen molar-refractivity contribution < 1.29 is 24.2 Å². The fraction of sp³-hybridized carbons (Fsp3) is 0.344. The van der Waals surface area contributed by atoms with Gasteiger partial charge >= 0.3 is 6.09 Å². The maximum atomic E-state index is 14.0. The number of carbonyl (C=O) groups is 3. The Bertz CT molecular complexity index is 1320. The molecular formula is C32H39N3O5. The van der Waals surface area contributed by atoms with Gasteiger partial charge in [0.2, 0.25) is 11.8 Å². The first-order valence-electron chi connectivity index (χ1n) is 13.3. The molecule has 3 aromatic carbocycles. The number of aryl methyl sites for hydroxylation is 2. The van der Waals surface area contributed by atoms with E-state index in [1.54, 1.807) is 40.0 Å². The molecule has 0 aliphatic rings. The first-order valence-corrected chi connectivity index (χ1v) is 13.3. The summed E-state index contributed by atoms with van der Waals surface area (Å²) in [5.41, 5.74) is 3.48. The van der Waals surface area contributed by atoms with Gasteiger partial charge in [0, 0.05) is 20.0 Å². The fourth-order valence-electron chi connectivity index (χ4n) is 4.43. The minimum absolute atomic E-state index is 0.0915. The van der Waals surface area contributed by atoms with E-state index in [4.69, 9.17) is 4.74 Å². The molecule has 3 N–H and O–H groups in total. The van der Waals surface area contributed by atoms with Crippen LogP contribution in [0.1, 0.15) is 54.6 Å². The second-order valence-electron chi connectivity index (χ2n) is 11.0. The van der Waals surface area contributed by atoms with Crippen LogP contribution in [0.2, 0.25) is 0 Å². The first-order chi connectivity index (χ1) is 18.8. The normalized spacial score (nSPS) is 12.7. The lowest BCUT2D eigenvalue weighted by Gasteiger charge is -2.32. The van der Waals surface area contributed by atoms with Gasteiger partial charge in [-0.15, -0.1) is 0 Å². The summed E-state index contributed by atoms with van der Waals surface area (Å²) in [6, 6.07) is 19.7. The summed E-state index contributed by atoms with van der Waals surface area (Å²) in [7, 11) is 1.56. The lowest BCUT2D eigenvalue weighted by Crippen LogP contribution is -2.52. The Kier molecular flexibility index (Phi) is 9.93. The predicted octanol–water partition coefficient (Wildman–Crippen LogP) is 4.96. The van der Waals surface area contributed by atoms with E-state index in [9.17, 15) is 19.5 Å². The van der Waals surface area contributed by atoms with Crippen molar-refractivity contribution in [1.29, 1.82) is 0 Å². The summed E-state index contributed by atoms with van der Waals surface area (Å²) in [6.45, 7) is 9.39. The van der Waals surface area contributed by atoms with Crippen LogP contribution in [-0.2, 0) is 27.3 Å². The second kappa shape index (κ2) is 13.2. The number of carbonyl (C=O) groups excluding carboxylic acids is 3. The van der Waals surface area contributed by atoms with Crippen molar-refractivity contribution in [2.24, 2.45) is 0 Å². The molecule has 8 nitrogen and oxygen atoms in total. The highest BCUT2D eigenvalue weighted by Crippen LogP contribution is 2.26. The number of nitrogens with one attached hydrogen (secondary N) is 2. The molecule has 0 radical (unpaired) electrons. The molecule has 0 aliphatic heterocycles. The lowest BCUT2D eigenvalue weighted by molar-refractivity contribution is -0.140. The number of likely N-dealkylation sites (N-methyl/N-ethyl adjacent to an activating group) is 1. The van der Waals surface area contributed by atoms with E-state index in [0.29, 0.717) is 12.1 Å². The Hall–Kier alpha value is -4.33. The number of rotatable bonds is 9. The molecule has 3 amide bonds. The number of nitrogens with zero attached hydrogens (tertiary/aromatic N) is 1. The average Bonchev–Trinajstić information content (AvgIpc) is 2.88. The third-order valence-electron chi connectivity index (χ3n) is 6.38. The van der Waals surface area contributed by atoms with Crippen LogP contribution in [0.5, 0.6) is 5.75 Å². The van der Waals surface area contributed by atoms with Gasteiger partial charge in [-0.05, 0) is 69.0 Å². The van der Waals surface area contributed by atoms with Crippen LogP contribution in [0.4, 0.5) is 4.79 Å². The molecule has 40 heavy (non-hydrogen) atoms. The van der Waals surface area contributed by atoms with Crippen LogP contribution in [0.3, 0.4) is 0 Å². The van der Waals surface area contributed by atoms with Crippen molar-refractivity contribution in [1.82, 2.24) is 15.5 Å². The van der Waals surface area contributed by atoms with Crippen molar-refractivity contribution in [2.45, 2.75) is 65.3 Å². The van der Waals surface area contributed by atoms with Crippen LogP contribution in [0.25, 0.3) is 0 Å². The van der Waals surface area contributed by atoms with E-state index >= 15 is 0 Å². The predicted molar refractivity (Wildman–Crippen MR) is 155 cm³/mol. The number of hydrogen-bond acceptors (Lipinski definition) is 5. The van der Waals surface area contributed by atoms with Crippen molar-refractivity contribution >= 4 is 17.9 Å². The van der Waals surface area contributed by atoms with E-state index < -0.39 is 29.7 Å². The van der Waals surface area contributed by atoms with E-state index in [-0.39, 0.29) is 18.1 Å². The minimum Gasteiger partial charge on any atom is -0.508 e. The lowest BCUT2D eigenvalue weighted by atomic mass is 9.96. The molecule has 212 valence electrons. The molecule has 2 unspecified atom stereocenters. The Morgan fingerprint density at radius 2 is 1.57 bits per heavy atom. The number of alkyl carbamates (subject to hydrolysis) is 1. The second-order valence-corrected chi connectivity index (χ2v) is 11.0. The largest absolute Gasteiger partial charge is 0.508 e. The van der Waals surface area contributed by atoms with Gasteiger partial charge in [-0.2, -0.15) is 0 Å². The maximum Gasteiger partial charge on any atom is 0.408 e. The van der Waals surface area contributed by atoms with Crippen molar-refractivity contribution in [2.75, 3.05) is 7.05 Å². The van der Waals surface area contributed by atoms with Crippen LogP contribution >= 0.6 is 0 Å². The molecule has 0 aromatic heterocycles. The zero-order chi connectivity index (χ0) is 29.4. The molecule has 0 spiro atoms. The molecule has 0 saturated heterocycles. The van der Waals surface area contributed by atoms with Crippen molar-refractivity contribution in [3.05, 3.63) is 101 Å².